The maximum atomic E-state index is 13.4. The Morgan fingerprint density at radius 1 is 1.28 bits per heavy atom. The van der Waals surface area contributed by atoms with Crippen molar-refractivity contribution in [2.75, 3.05) is 19.6 Å². The van der Waals surface area contributed by atoms with Gasteiger partial charge in [-0.1, -0.05) is 13.3 Å². The van der Waals surface area contributed by atoms with Crippen molar-refractivity contribution >= 4 is 11.8 Å². The summed E-state index contributed by atoms with van der Waals surface area (Å²) in [6.07, 6.45) is 6.83. The third kappa shape index (κ3) is 2.70. The Morgan fingerprint density at radius 2 is 2.10 bits per heavy atom. The molecular formula is C20H27N7O2. The van der Waals surface area contributed by atoms with Gasteiger partial charge in [-0.05, 0) is 18.8 Å². The van der Waals surface area contributed by atoms with E-state index in [1.807, 2.05) is 27.7 Å². The smallest absolute Gasteiger partial charge is 0.276 e. The van der Waals surface area contributed by atoms with E-state index in [2.05, 4.69) is 17.1 Å². The first-order valence-electron chi connectivity index (χ1n) is 10.4. The Balaban J connectivity index is 1.49. The number of rotatable bonds is 3. The molecule has 154 valence electrons. The van der Waals surface area contributed by atoms with Crippen LogP contribution in [0.4, 0.5) is 0 Å². The molecule has 2 amide bonds. The Kier molecular flexibility index (Phi) is 4.04. The third-order valence-corrected chi connectivity index (χ3v) is 6.98. The Morgan fingerprint density at radius 3 is 2.79 bits per heavy atom. The molecule has 3 aliphatic rings. The summed E-state index contributed by atoms with van der Waals surface area (Å²) in [5.74, 6) is 0.782. The summed E-state index contributed by atoms with van der Waals surface area (Å²) < 4.78 is 2.04. The zero-order valence-electron chi connectivity index (χ0n) is 17.2. The highest BCUT2D eigenvalue weighted by Crippen LogP contribution is 2.46. The van der Waals surface area contributed by atoms with Gasteiger partial charge in [0.15, 0.2) is 5.69 Å². The number of aryl methyl sites for hydroxylation is 2. The molecule has 2 aromatic rings. The van der Waals surface area contributed by atoms with Crippen molar-refractivity contribution in [3.05, 3.63) is 29.6 Å². The number of hydrogen-bond donors (Lipinski definition) is 0. The standard InChI is InChI=1S/C20H27N7O2/c1-4-13-9-14(13)18(28)26-8-6-20(11-26)17-16(24(2)12-21-17)5-7-27(20)19(29)15-10-22-25(3)23-15/h10,12-14H,4-9,11H2,1-3H3/t13-,14-,20?/m1/s1. The Labute approximate surface area is 169 Å². The molecule has 9 nitrogen and oxygen atoms in total. The van der Waals surface area contributed by atoms with Gasteiger partial charge in [-0.25, -0.2) is 4.98 Å². The van der Waals surface area contributed by atoms with E-state index in [1.54, 1.807) is 7.05 Å². The van der Waals surface area contributed by atoms with Gasteiger partial charge in [0.1, 0.15) is 5.54 Å². The zero-order chi connectivity index (χ0) is 20.3. The van der Waals surface area contributed by atoms with Gasteiger partial charge in [0, 0.05) is 51.8 Å². The molecule has 9 heteroatoms. The monoisotopic (exact) mass is 397 g/mol. The van der Waals surface area contributed by atoms with Gasteiger partial charge >= 0.3 is 0 Å². The second kappa shape index (κ2) is 6.40. The van der Waals surface area contributed by atoms with Crippen LogP contribution in [0.25, 0.3) is 0 Å². The lowest BCUT2D eigenvalue weighted by Crippen LogP contribution is -2.55. The fourth-order valence-corrected chi connectivity index (χ4v) is 5.21. The fraction of sp³-hybridized carbons (Fsp3) is 0.650. The van der Waals surface area contributed by atoms with E-state index < -0.39 is 5.54 Å². The summed E-state index contributed by atoms with van der Waals surface area (Å²) in [5.41, 5.74) is 1.83. The number of nitrogens with zero attached hydrogens (tertiary/aromatic N) is 7. The van der Waals surface area contributed by atoms with Crippen LogP contribution in [0.5, 0.6) is 0 Å². The minimum Gasteiger partial charge on any atom is -0.340 e. The van der Waals surface area contributed by atoms with Crippen molar-refractivity contribution in [1.82, 2.24) is 34.3 Å². The van der Waals surface area contributed by atoms with Crippen molar-refractivity contribution < 1.29 is 9.59 Å². The van der Waals surface area contributed by atoms with E-state index in [4.69, 9.17) is 4.98 Å². The van der Waals surface area contributed by atoms with E-state index in [0.29, 0.717) is 37.7 Å². The van der Waals surface area contributed by atoms with Crippen LogP contribution >= 0.6 is 0 Å². The SMILES string of the molecule is CC[C@@H]1C[C@H]1C(=O)N1CCC2(C1)c1ncn(C)c1CCN2C(=O)c1cnn(C)n1. The van der Waals surface area contributed by atoms with Gasteiger partial charge in [-0.15, -0.1) is 5.10 Å². The molecule has 4 heterocycles. The van der Waals surface area contributed by atoms with Crippen molar-refractivity contribution in [1.29, 1.82) is 0 Å². The lowest BCUT2D eigenvalue weighted by Gasteiger charge is -2.43. The molecule has 2 aliphatic heterocycles. The van der Waals surface area contributed by atoms with E-state index in [-0.39, 0.29) is 17.7 Å². The average Bonchev–Trinajstić information content (AvgIpc) is 2.99. The lowest BCUT2D eigenvalue weighted by atomic mass is 9.85. The molecule has 1 saturated heterocycles. The number of likely N-dealkylation sites (tertiary alicyclic amines) is 1. The van der Waals surface area contributed by atoms with Gasteiger partial charge in [0.2, 0.25) is 5.91 Å². The van der Waals surface area contributed by atoms with Gasteiger partial charge in [0.25, 0.3) is 5.91 Å². The second-order valence-electron chi connectivity index (χ2n) is 8.63. The molecule has 1 unspecified atom stereocenters. The van der Waals surface area contributed by atoms with Crippen LogP contribution < -0.4 is 0 Å². The van der Waals surface area contributed by atoms with Gasteiger partial charge < -0.3 is 14.4 Å². The normalized spacial score (nSPS) is 28.1. The van der Waals surface area contributed by atoms with Crippen LogP contribution in [-0.2, 0) is 30.8 Å². The first-order chi connectivity index (χ1) is 13.9. The number of aromatic nitrogens is 5. The van der Waals surface area contributed by atoms with Crippen molar-refractivity contribution in [3.8, 4) is 0 Å². The number of fused-ring (bicyclic) bond motifs is 2. The minimum atomic E-state index is -0.588. The van der Waals surface area contributed by atoms with Crippen LogP contribution in [0.1, 0.15) is 48.1 Å². The highest BCUT2D eigenvalue weighted by molar-refractivity contribution is 5.93. The van der Waals surface area contributed by atoms with Crippen molar-refractivity contribution in [2.45, 2.75) is 38.1 Å². The average molecular weight is 397 g/mol. The number of carbonyl (C=O) groups is 2. The van der Waals surface area contributed by atoms with E-state index in [0.717, 1.165) is 30.7 Å². The highest BCUT2D eigenvalue weighted by Gasteiger charge is 2.55. The first kappa shape index (κ1) is 18.3. The molecule has 2 aromatic heterocycles. The van der Waals surface area contributed by atoms with Gasteiger partial charge in [-0.3, -0.25) is 9.59 Å². The topological polar surface area (TPSA) is 89.2 Å². The molecule has 0 bridgehead atoms. The maximum absolute atomic E-state index is 13.4. The summed E-state index contributed by atoms with van der Waals surface area (Å²) >= 11 is 0. The molecule has 1 spiro atoms. The molecule has 1 aliphatic carbocycles. The predicted molar refractivity (Wildman–Crippen MR) is 104 cm³/mol. The van der Waals surface area contributed by atoms with Crippen LogP contribution in [0.2, 0.25) is 0 Å². The van der Waals surface area contributed by atoms with Crippen LogP contribution in [0, 0.1) is 11.8 Å². The summed E-state index contributed by atoms with van der Waals surface area (Å²) in [4.78, 5) is 36.4. The molecular weight excluding hydrogens is 370 g/mol. The maximum Gasteiger partial charge on any atom is 0.276 e. The molecule has 29 heavy (non-hydrogen) atoms. The Bertz CT molecular complexity index is 979. The van der Waals surface area contributed by atoms with E-state index in [1.165, 1.54) is 11.0 Å². The molecule has 2 fully saturated rings. The first-order valence-corrected chi connectivity index (χ1v) is 10.4. The molecule has 5 rings (SSSR count). The molecule has 0 aromatic carbocycles. The summed E-state index contributed by atoms with van der Waals surface area (Å²) in [6, 6.07) is 0. The highest BCUT2D eigenvalue weighted by atomic mass is 16.2. The summed E-state index contributed by atoms with van der Waals surface area (Å²) in [6.45, 7) is 3.90. The van der Waals surface area contributed by atoms with Crippen LogP contribution in [0.3, 0.4) is 0 Å². The quantitative estimate of drug-likeness (QED) is 0.761. The van der Waals surface area contributed by atoms with Crippen molar-refractivity contribution in [2.24, 2.45) is 25.9 Å². The van der Waals surface area contributed by atoms with Crippen molar-refractivity contribution in [3.63, 3.8) is 0 Å². The lowest BCUT2D eigenvalue weighted by molar-refractivity contribution is -0.132. The minimum absolute atomic E-state index is 0.137. The Hall–Kier alpha value is -2.71. The fourth-order valence-electron chi connectivity index (χ4n) is 5.21. The summed E-state index contributed by atoms with van der Waals surface area (Å²) in [5, 5.41) is 8.29. The predicted octanol–water partition coefficient (Wildman–Crippen LogP) is 0.721. The van der Waals surface area contributed by atoms with E-state index in [9.17, 15) is 9.59 Å². The number of carbonyl (C=O) groups excluding carboxylic acids is 2. The number of amides is 2. The molecule has 3 atom stereocenters. The molecule has 0 N–H and O–H groups in total. The number of imidazole rings is 1. The van der Waals surface area contributed by atoms with Gasteiger partial charge in [-0.2, -0.15) is 9.90 Å². The third-order valence-electron chi connectivity index (χ3n) is 6.98. The second-order valence-corrected chi connectivity index (χ2v) is 8.63. The molecule has 0 radical (unpaired) electrons. The largest absolute Gasteiger partial charge is 0.340 e. The van der Waals surface area contributed by atoms with Gasteiger partial charge in [0.05, 0.1) is 18.2 Å². The van der Waals surface area contributed by atoms with E-state index >= 15 is 0 Å². The number of hydrogen-bond acceptors (Lipinski definition) is 5. The zero-order valence-corrected chi connectivity index (χ0v) is 17.2. The van der Waals surface area contributed by atoms with Crippen LogP contribution in [-0.4, -0.2) is 65.8 Å². The van der Waals surface area contributed by atoms with Crippen LogP contribution in [0.15, 0.2) is 12.5 Å². The molecule has 1 saturated carbocycles. The summed E-state index contributed by atoms with van der Waals surface area (Å²) in [7, 11) is 3.70.